The quantitative estimate of drug-likeness (QED) is 0.873. The molecular formula is C14H15N3OS. The molecule has 0 saturated heterocycles. The first kappa shape index (κ1) is 13.5. The summed E-state index contributed by atoms with van der Waals surface area (Å²) < 4.78 is 0. The average Bonchev–Trinajstić information content (AvgIpc) is 2.37. The van der Waals surface area contributed by atoms with Crippen molar-refractivity contribution >= 4 is 23.6 Å². The molecule has 0 aliphatic carbocycles. The number of carbonyl (C=O) groups is 1. The maximum Gasteiger partial charge on any atom is 0.258 e. The molecule has 0 spiro atoms. The van der Waals surface area contributed by atoms with Gasteiger partial charge in [-0.2, -0.15) is 0 Å². The van der Waals surface area contributed by atoms with E-state index in [0.717, 1.165) is 16.3 Å². The second-order valence-corrected chi connectivity index (χ2v) is 5.04. The van der Waals surface area contributed by atoms with Crippen LogP contribution in [0.3, 0.4) is 0 Å². The van der Waals surface area contributed by atoms with Crippen molar-refractivity contribution in [3.63, 3.8) is 0 Å². The Kier molecular flexibility index (Phi) is 4.16. The SMILES string of the molecule is CSc1ccc(C(=O)Nc2nc(C)cc(C)n2)cc1. The molecule has 2 rings (SSSR count). The van der Waals surface area contributed by atoms with Crippen LogP contribution in [0.4, 0.5) is 5.95 Å². The number of anilines is 1. The number of nitrogens with zero attached hydrogens (tertiary/aromatic N) is 2. The number of carbonyl (C=O) groups excluding carboxylic acids is 1. The van der Waals surface area contributed by atoms with Crippen LogP contribution in [0.1, 0.15) is 21.7 Å². The highest BCUT2D eigenvalue weighted by Gasteiger charge is 2.08. The van der Waals surface area contributed by atoms with E-state index in [1.807, 2.05) is 38.3 Å². The highest BCUT2D eigenvalue weighted by atomic mass is 32.2. The van der Waals surface area contributed by atoms with E-state index < -0.39 is 0 Å². The summed E-state index contributed by atoms with van der Waals surface area (Å²) in [4.78, 5) is 21.5. The van der Waals surface area contributed by atoms with Gasteiger partial charge in [-0.15, -0.1) is 11.8 Å². The maximum atomic E-state index is 12.0. The molecule has 2 aromatic rings. The Morgan fingerprint density at radius 1 is 1.11 bits per heavy atom. The zero-order valence-corrected chi connectivity index (χ0v) is 11.9. The van der Waals surface area contributed by atoms with Gasteiger partial charge in [0.05, 0.1) is 0 Å². The van der Waals surface area contributed by atoms with Crippen molar-refractivity contribution in [3.8, 4) is 0 Å². The topological polar surface area (TPSA) is 54.9 Å². The van der Waals surface area contributed by atoms with Gasteiger partial charge in [-0.25, -0.2) is 9.97 Å². The number of benzene rings is 1. The number of hydrogen-bond acceptors (Lipinski definition) is 4. The van der Waals surface area contributed by atoms with Gasteiger partial charge in [0.25, 0.3) is 5.91 Å². The van der Waals surface area contributed by atoms with E-state index in [1.165, 1.54) is 0 Å². The maximum absolute atomic E-state index is 12.0. The number of aromatic nitrogens is 2. The third kappa shape index (κ3) is 3.54. The normalized spacial score (nSPS) is 10.3. The molecule has 0 aliphatic heterocycles. The highest BCUT2D eigenvalue weighted by Crippen LogP contribution is 2.15. The Labute approximate surface area is 116 Å². The summed E-state index contributed by atoms with van der Waals surface area (Å²) in [5.41, 5.74) is 2.27. The van der Waals surface area contributed by atoms with Crippen molar-refractivity contribution in [1.29, 1.82) is 0 Å². The van der Waals surface area contributed by atoms with Crippen molar-refractivity contribution in [1.82, 2.24) is 9.97 Å². The summed E-state index contributed by atoms with van der Waals surface area (Å²) in [5.74, 6) is 0.147. The van der Waals surface area contributed by atoms with E-state index in [1.54, 1.807) is 23.9 Å². The van der Waals surface area contributed by atoms with Gasteiger partial charge in [-0.1, -0.05) is 0 Å². The lowest BCUT2D eigenvalue weighted by Crippen LogP contribution is -2.14. The van der Waals surface area contributed by atoms with Crippen molar-refractivity contribution in [2.45, 2.75) is 18.7 Å². The highest BCUT2D eigenvalue weighted by molar-refractivity contribution is 7.98. The summed E-state index contributed by atoms with van der Waals surface area (Å²) >= 11 is 1.64. The number of thioether (sulfide) groups is 1. The van der Waals surface area contributed by atoms with Crippen LogP contribution in [-0.2, 0) is 0 Å². The number of hydrogen-bond donors (Lipinski definition) is 1. The van der Waals surface area contributed by atoms with Crippen LogP contribution >= 0.6 is 11.8 Å². The van der Waals surface area contributed by atoms with E-state index in [2.05, 4.69) is 15.3 Å². The zero-order chi connectivity index (χ0) is 13.8. The lowest BCUT2D eigenvalue weighted by molar-refractivity contribution is 0.102. The van der Waals surface area contributed by atoms with Gasteiger partial charge in [0, 0.05) is 21.8 Å². The van der Waals surface area contributed by atoms with Crippen LogP contribution in [-0.4, -0.2) is 22.1 Å². The third-order valence-electron chi connectivity index (χ3n) is 2.56. The number of rotatable bonds is 3. The predicted octanol–water partition coefficient (Wildman–Crippen LogP) is 3.07. The number of aryl methyl sites for hydroxylation is 2. The van der Waals surface area contributed by atoms with Crippen molar-refractivity contribution in [2.24, 2.45) is 0 Å². The molecule has 0 fully saturated rings. The first-order chi connectivity index (χ1) is 9.08. The molecule has 1 aromatic carbocycles. The van der Waals surface area contributed by atoms with Crippen LogP contribution in [0.15, 0.2) is 35.2 Å². The van der Waals surface area contributed by atoms with Crippen molar-refractivity contribution < 1.29 is 4.79 Å². The average molecular weight is 273 g/mol. The second-order valence-electron chi connectivity index (χ2n) is 4.16. The van der Waals surface area contributed by atoms with Crippen LogP contribution < -0.4 is 5.32 Å². The summed E-state index contributed by atoms with van der Waals surface area (Å²) in [6, 6.07) is 9.29. The Bertz CT molecular complexity index is 576. The predicted molar refractivity (Wildman–Crippen MR) is 77.7 cm³/mol. The van der Waals surface area contributed by atoms with E-state index in [-0.39, 0.29) is 5.91 Å². The van der Waals surface area contributed by atoms with E-state index >= 15 is 0 Å². The van der Waals surface area contributed by atoms with E-state index in [9.17, 15) is 4.79 Å². The molecule has 0 saturated carbocycles. The first-order valence-electron chi connectivity index (χ1n) is 5.86. The molecule has 1 aromatic heterocycles. The monoisotopic (exact) mass is 273 g/mol. The van der Waals surface area contributed by atoms with Gasteiger partial charge < -0.3 is 0 Å². The fraction of sp³-hybridized carbons (Fsp3) is 0.214. The summed E-state index contributed by atoms with van der Waals surface area (Å²) in [7, 11) is 0. The largest absolute Gasteiger partial charge is 0.290 e. The molecule has 0 aliphatic rings. The zero-order valence-electron chi connectivity index (χ0n) is 11.1. The van der Waals surface area contributed by atoms with Gasteiger partial charge in [0.15, 0.2) is 0 Å². The fourth-order valence-electron chi connectivity index (χ4n) is 1.70. The van der Waals surface area contributed by atoms with Crippen molar-refractivity contribution in [2.75, 3.05) is 11.6 Å². The Morgan fingerprint density at radius 3 is 2.21 bits per heavy atom. The molecule has 5 heteroatoms. The van der Waals surface area contributed by atoms with Crippen LogP contribution in [0.2, 0.25) is 0 Å². The van der Waals surface area contributed by atoms with Crippen LogP contribution in [0, 0.1) is 13.8 Å². The Morgan fingerprint density at radius 2 is 1.68 bits per heavy atom. The van der Waals surface area contributed by atoms with E-state index in [0.29, 0.717) is 11.5 Å². The molecule has 4 nitrogen and oxygen atoms in total. The molecule has 0 bridgehead atoms. The van der Waals surface area contributed by atoms with Gasteiger partial charge in [0.1, 0.15) is 0 Å². The molecule has 1 amide bonds. The fourth-order valence-corrected chi connectivity index (χ4v) is 2.11. The lowest BCUT2D eigenvalue weighted by atomic mass is 10.2. The van der Waals surface area contributed by atoms with Gasteiger partial charge >= 0.3 is 0 Å². The molecule has 1 N–H and O–H groups in total. The summed E-state index contributed by atoms with van der Waals surface area (Å²) in [6.07, 6.45) is 2.00. The lowest BCUT2D eigenvalue weighted by Gasteiger charge is -2.06. The summed E-state index contributed by atoms with van der Waals surface area (Å²) in [6.45, 7) is 3.75. The molecule has 0 radical (unpaired) electrons. The minimum Gasteiger partial charge on any atom is -0.290 e. The molecule has 0 atom stereocenters. The third-order valence-corrected chi connectivity index (χ3v) is 3.30. The standard InChI is InChI=1S/C14H15N3OS/c1-9-8-10(2)16-14(15-9)17-13(18)11-4-6-12(19-3)7-5-11/h4-8H,1-3H3,(H,15,16,17,18). The Balaban J connectivity index is 2.15. The van der Waals surface area contributed by atoms with Gasteiger partial charge in [0.2, 0.25) is 5.95 Å². The second kappa shape index (κ2) is 5.84. The number of amides is 1. The van der Waals surface area contributed by atoms with Crippen LogP contribution in [0.25, 0.3) is 0 Å². The van der Waals surface area contributed by atoms with Crippen molar-refractivity contribution in [3.05, 3.63) is 47.3 Å². The molecule has 19 heavy (non-hydrogen) atoms. The minimum absolute atomic E-state index is 0.197. The number of nitrogens with one attached hydrogen (secondary N) is 1. The van der Waals surface area contributed by atoms with Gasteiger partial charge in [-0.3, -0.25) is 10.1 Å². The van der Waals surface area contributed by atoms with E-state index in [4.69, 9.17) is 0 Å². The molecule has 0 unspecified atom stereocenters. The molecular weight excluding hydrogens is 258 g/mol. The Hall–Kier alpha value is -1.88. The smallest absolute Gasteiger partial charge is 0.258 e. The summed E-state index contributed by atoms with van der Waals surface area (Å²) in [5, 5.41) is 2.71. The first-order valence-corrected chi connectivity index (χ1v) is 7.08. The van der Waals surface area contributed by atoms with Crippen LogP contribution in [0.5, 0.6) is 0 Å². The molecule has 98 valence electrons. The minimum atomic E-state index is -0.197. The molecule has 1 heterocycles. The van der Waals surface area contributed by atoms with Gasteiger partial charge in [-0.05, 0) is 50.4 Å².